The largest absolute Gasteiger partial charge is 0.416 e. The van der Waals surface area contributed by atoms with E-state index in [-0.39, 0.29) is 17.5 Å². The first-order chi connectivity index (χ1) is 14.9. The molecule has 2 aromatic carbocycles. The van der Waals surface area contributed by atoms with E-state index < -0.39 is 11.7 Å². The summed E-state index contributed by atoms with van der Waals surface area (Å²) in [6, 6.07) is 14.2. The van der Waals surface area contributed by atoms with Crippen molar-refractivity contribution in [2.24, 2.45) is 5.92 Å². The molecule has 3 aromatic rings. The average Bonchev–Trinajstić information content (AvgIpc) is 3.23. The molecule has 31 heavy (non-hydrogen) atoms. The van der Waals surface area contributed by atoms with Gasteiger partial charge >= 0.3 is 6.18 Å². The summed E-state index contributed by atoms with van der Waals surface area (Å²) >= 11 is 0. The third-order valence-electron chi connectivity index (χ3n) is 5.27. The molecule has 1 aliphatic rings. The topological polar surface area (TPSA) is 71.3 Å². The summed E-state index contributed by atoms with van der Waals surface area (Å²) in [6.07, 6.45) is -3.24. The van der Waals surface area contributed by atoms with E-state index in [1.807, 2.05) is 30.3 Å². The average molecular weight is 430 g/mol. The van der Waals surface area contributed by atoms with Crippen molar-refractivity contribution >= 4 is 11.6 Å². The van der Waals surface area contributed by atoms with E-state index in [4.69, 9.17) is 4.52 Å². The van der Waals surface area contributed by atoms with Crippen LogP contribution in [0.2, 0.25) is 0 Å². The van der Waals surface area contributed by atoms with Crippen molar-refractivity contribution in [3.63, 3.8) is 0 Å². The van der Waals surface area contributed by atoms with Crippen molar-refractivity contribution in [1.82, 2.24) is 15.0 Å². The lowest BCUT2D eigenvalue weighted by molar-refractivity contribution is -0.137. The van der Waals surface area contributed by atoms with Crippen molar-refractivity contribution in [3.05, 3.63) is 66.1 Å². The van der Waals surface area contributed by atoms with E-state index >= 15 is 0 Å². The molecule has 6 nitrogen and oxygen atoms in total. The number of likely N-dealkylation sites (tertiary alicyclic amines) is 1. The molecule has 162 valence electrons. The number of benzene rings is 2. The zero-order chi connectivity index (χ0) is 21.8. The molecule has 2 heterocycles. The van der Waals surface area contributed by atoms with Gasteiger partial charge in [-0.1, -0.05) is 41.6 Å². The maximum atomic E-state index is 12.8. The van der Waals surface area contributed by atoms with E-state index in [1.165, 1.54) is 12.1 Å². The smallest absolute Gasteiger partial charge is 0.338 e. The van der Waals surface area contributed by atoms with Crippen LogP contribution in [0.3, 0.4) is 0 Å². The summed E-state index contributed by atoms with van der Waals surface area (Å²) in [5.74, 6) is 0.521. The Kier molecular flexibility index (Phi) is 6.03. The van der Waals surface area contributed by atoms with Crippen molar-refractivity contribution in [2.75, 3.05) is 18.4 Å². The quantitative estimate of drug-likeness (QED) is 0.640. The molecular formula is C22H21F3N4O2. The summed E-state index contributed by atoms with van der Waals surface area (Å²) in [5.41, 5.74) is 0.249. The van der Waals surface area contributed by atoms with Gasteiger partial charge in [0.15, 0.2) is 0 Å². The van der Waals surface area contributed by atoms with Gasteiger partial charge in [-0.25, -0.2) is 0 Å². The van der Waals surface area contributed by atoms with Crippen LogP contribution in [-0.4, -0.2) is 34.0 Å². The lowest BCUT2D eigenvalue weighted by atomic mass is 9.95. The summed E-state index contributed by atoms with van der Waals surface area (Å²) in [7, 11) is 0. The standard InChI is InChI=1S/C22H21F3N4O2/c23-22(24,25)17-7-4-8-18(13-17)26-21(30)16-9-11-29(12-10-16)14-19-27-20(28-31-19)15-5-2-1-3-6-15/h1-8,13,16H,9-12,14H2,(H,26,30). The van der Waals surface area contributed by atoms with Gasteiger partial charge in [0.2, 0.25) is 17.6 Å². The normalized spacial score (nSPS) is 15.7. The van der Waals surface area contributed by atoms with Crippen molar-refractivity contribution < 1.29 is 22.5 Å². The number of aromatic nitrogens is 2. The van der Waals surface area contributed by atoms with Crippen LogP contribution in [0.5, 0.6) is 0 Å². The molecule has 1 saturated heterocycles. The fourth-order valence-corrected chi connectivity index (χ4v) is 3.59. The lowest BCUT2D eigenvalue weighted by Crippen LogP contribution is -2.37. The second-order valence-corrected chi connectivity index (χ2v) is 7.50. The number of nitrogens with zero attached hydrogens (tertiary/aromatic N) is 3. The van der Waals surface area contributed by atoms with E-state index in [2.05, 4.69) is 20.4 Å². The van der Waals surface area contributed by atoms with Crippen molar-refractivity contribution in [1.29, 1.82) is 0 Å². The molecule has 1 amide bonds. The first-order valence-corrected chi connectivity index (χ1v) is 9.97. The molecule has 0 bridgehead atoms. The van der Waals surface area contributed by atoms with Crippen LogP contribution in [0, 0.1) is 5.92 Å². The third-order valence-corrected chi connectivity index (χ3v) is 5.27. The molecule has 0 saturated carbocycles. The maximum Gasteiger partial charge on any atom is 0.416 e. The fourth-order valence-electron chi connectivity index (χ4n) is 3.59. The van der Waals surface area contributed by atoms with Crippen LogP contribution in [0.25, 0.3) is 11.4 Å². The maximum absolute atomic E-state index is 12.8. The number of anilines is 1. The molecule has 0 atom stereocenters. The molecule has 0 spiro atoms. The monoisotopic (exact) mass is 430 g/mol. The number of rotatable bonds is 5. The van der Waals surface area contributed by atoms with E-state index in [0.29, 0.717) is 44.2 Å². The molecule has 1 aliphatic heterocycles. The minimum atomic E-state index is -4.44. The van der Waals surface area contributed by atoms with Gasteiger partial charge in [0.25, 0.3) is 0 Å². The first-order valence-electron chi connectivity index (χ1n) is 9.97. The van der Waals surface area contributed by atoms with Gasteiger partial charge in [0.05, 0.1) is 12.1 Å². The van der Waals surface area contributed by atoms with Crippen LogP contribution in [0.15, 0.2) is 59.1 Å². The van der Waals surface area contributed by atoms with Gasteiger partial charge in [0, 0.05) is 17.2 Å². The number of carbonyl (C=O) groups excluding carboxylic acids is 1. The Balaban J connectivity index is 1.29. The van der Waals surface area contributed by atoms with Crippen LogP contribution in [-0.2, 0) is 17.5 Å². The highest BCUT2D eigenvalue weighted by Crippen LogP contribution is 2.31. The van der Waals surface area contributed by atoms with Crippen molar-refractivity contribution in [3.8, 4) is 11.4 Å². The lowest BCUT2D eigenvalue weighted by Gasteiger charge is -2.30. The Morgan fingerprint density at radius 3 is 2.55 bits per heavy atom. The molecule has 0 aliphatic carbocycles. The van der Waals surface area contributed by atoms with Gasteiger partial charge in [-0.05, 0) is 44.1 Å². The summed E-state index contributed by atoms with van der Waals surface area (Å²) in [4.78, 5) is 19.0. The van der Waals surface area contributed by atoms with Crippen LogP contribution >= 0.6 is 0 Å². The van der Waals surface area contributed by atoms with Gasteiger partial charge in [-0.2, -0.15) is 18.2 Å². The third kappa shape index (κ3) is 5.29. The molecule has 4 rings (SSSR count). The Morgan fingerprint density at radius 1 is 1.10 bits per heavy atom. The van der Waals surface area contributed by atoms with E-state index in [1.54, 1.807) is 0 Å². The zero-order valence-corrected chi connectivity index (χ0v) is 16.6. The second-order valence-electron chi connectivity index (χ2n) is 7.50. The highest BCUT2D eigenvalue weighted by atomic mass is 19.4. The number of piperidine rings is 1. The first kappa shape index (κ1) is 21.0. The molecule has 9 heteroatoms. The summed E-state index contributed by atoms with van der Waals surface area (Å²) in [5, 5.41) is 6.62. The zero-order valence-electron chi connectivity index (χ0n) is 16.6. The number of nitrogens with one attached hydrogen (secondary N) is 1. The van der Waals surface area contributed by atoms with Gasteiger partial charge < -0.3 is 9.84 Å². The molecule has 1 N–H and O–H groups in total. The predicted molar refractivity (Wildman–Crippen MR) is 108 cm³/mol. The van der Waals surface area contributed by atoms with E-state index in [9.17, 15) is 18.0 Å². The van der Waals surface area contributed by atoms with Crippen LogP contribution < -0.4 is 5.32 Å². The number of alkyl halides is 3. The van der Waals surface area contributed by atoms with Crippen LogP contribution in [0.4, 0.5) is 18.9 Å². The Hall–Kier alpha value is -3.20. The predicted octanol–water partition coefficient (Wildman–Crippen LogP) is 4.61. The SMILES string of the molecule is O=C(Nc1cccc(C(F)(F)F)c1)C1CCN(Cc2nc(-c3ccccc3)no2)CC1. The second kappa shape index (κ2) is 8.89. The number of amides is 1. The highest BCUT2D eigenvalue weighted by Gasteiger charge is 2.31. The van der Waals surface area contributed by atoms with Gasteiger partial charge in [-0.3, -0.25) is 9.69 Å². The van der Waals surface area contributed by atoms with Gasteiger partial charge in [-0.15, -0.1) is 0 Å². The number of halogens is 3. The molecule has 1 fully saturated rings. The van der Waals surface area contributed by atoms with Crippen LogP contribution in [0.1, 0.15) is 24.3 Å². The Morgan fingerprint density at radius 2 is 1.84 bits per heavy atom. The number of carbonyl (C=O) groups is 1. The fraction of sp³-hybridized carbons (Fsp3) is 0.318. The van der Waals surface area contributed by atoms with Crippen molar-refractivity contribution in [2.45, 2.75) is 25.6 Å². The minimum absolute atomic E-state index is 0.154. The summed E-state index contributed by atoms with van der Waals surface area (Å²) in [6.45, 7) is 1.80. The molecule has 1 aromatic heterocycles. The molecular weight excluding hydrogens is 409 g/mol. The summed E-state index contributed by atoms with van der Waals surface area (Å²) < 4.78 is 43.9. The number of hydrogen-bond acceptors (Lipinski definition) is 5. The Labute approximate surface area is 177 Å². The minimum Gasteiger partial charge on any atom is -0.338 e. The highest BCUT2D eigenvalue weighted by molar-refractivity contribution is 5.92. The number of hydrogen-bond donors (Lipinski definition) is 1. The Bertz CT molecular complexity index is 1030. The molecule has 0 radical (unpaired) electrons. The van der Waals surface area contributed by atoms with E-state index in [0.717, 1.165) is 17.7 Å². The van der Waals surface area contributed by atoms with Gasteiger partial charge in [0.1, 0.15) is 0 Å². The molecule has 0 unspecified atom stereocenters.